The van der Waals surface area contributed by atoms with Gasteiger partial charge in [0, 0.05) is 5.56 Å². The van der Waals surface area contributed by atoms with Gasteiger partial charge in [-0.15, -0.1) is 0 Å². The van der Waals surface area contributed by atoms with E-state index in [0.717, 1.165) is 12.5 Å². The Morgan fingerprint density at radius 1 is 1.29 bits per heavy atom. The van der Waals surface area contributed by atoms with Gasteiger partial charge < -0.3 is 5.32 Å². The molecule has 1 aromatic carbocycles. The maximum atomic E-state index is 12.6. The summed E-state index contributed by atoms with van der Waals surface area (Å²) in [6.45, 7) is 2.46. The second-order valence-corrected chi connectivity index (χ2v) is 3.64. The minimum absolute atomic E-state index is 0.0685. The number of nitrogens with one attached hydrogen (secondary N) is 1. The van der Waals surface area contributed by atoms with Crippen molar-refractivity contribution < 1.29 is 18.0 Å². The number of hydrogen-bond donors (Lipinski definition) is 1. The molecule has 1 rings (SSSR count). The van der Waals surface area contributed by atoms with Crippen LogP contribution in [0.4, 0.5) is 13.2 Å². The molecule has 0 aromatic heterocycles. The lowest BCUT2D eigenvalue weighted by Gasteiger charge is -2.11. The van der Waals surface area contributed by atoms with Crippen molar-refractivity contribution in [1.29, 1.82) is 0 Å². The maximum absolute atomic E-state index is 12.6. The van der Waals surface area contributed by atoms with E-state index in [9.17, 15) is 18.0 Å². The Hall–Kier alpha value is -1.36. The molecule has 0 atom stereocenters. The van der Waals surface area contributed by atoms with E-state index in [1.54, 1.807) is 0 Å². The quantitative estimate of drug-likeness (QED) is 0.638. The van der Waals surface area contributed by atoms with Crippen LogP contribution in [0.3, 0.4) is 0 Å². The Bertz CT molecular complexity index is 388. The van der Waals surface area contributed by atoms with Crippen LogP contribution in [0, 0.1) is 0 Å². The molecular formula is C12H14F3NO. The molecule has 5 heteroatoms. The van der Waals surface area contributed by atoms with Crippen molar-refractivity contribution in [2.45, 2.75) is 19.5 Å². The molecule has 0 aliphatic carbocycles. The molecular weight excluding hydrogens is 231 g/mol. The second-order valence-electron chi connectivity index (χ2n) is 3.64. The van der Waals surface area contributed by atoms with E-state index in [2.05, 4.69) is 5.32 Å². The average molecular weight is 245 g/mol. The van der Waals surface area contributed by atoms with Gasteiger partial charge in [-0.05, 0) is 19.0 Å². The van der Waals surface area contributed by atoms with Crippen LogP contribution in [0.5, 0.6) is 0 Å². The molecule has 1 aromatic rings. The maximum Gasteiger partial charge on any atom is 0.417 e. The van der Waals surface area contributed by atoms with Gasteiger partial charge in [-0.3, -0.25) is 4.79 Å². The Morgan fingerprint density at radius 3 is 2.53 bits per heavy atom. The van der Waals surface area contributed by atoms with E-state index in [4.69, 9.17) is 0 Å². The Labute approximate surface area is 97.8 Å². The minimum Gasteiger partial charge on any atom is -0.310 e. The summed E-state index contributed by atoms with van der Waals surface area (Å²) in [6.07, 6.45) is -3.66. The highest BCUT2D eigenvalue weighted by Gasteiger charge is 2.34. The third-order valence-electron chi connectivity index (χ3n) is 2.25. The van der Waals surface area contributed by atoms with Crippen molar-refractivity contribution in [2.24, 2.45) is 0 Å². The zero-order valence-electron chi connectivity index (χ0n) is 9.47. The van der Waals surface area contributed by atoms with E-state index in [1.807, 2.05) is 6.92 Å². The highest BCUT2D eigenvalue weighted by atomic mass is 19.4. The van der Waals surface area contributed by atoms with Crippen molar-refractivity contribution in [3.8, 4) is 0 Å². The van der Waals surface area contributed by atoms with Crippen molar-refractivity contribution in [2.75, 3.05) is 13.1 Å². The summed E-state index contributed by atoms with van der Waals surface area (Å²) in [5.41, 5.74) is -1.15. The standard InChI is InChI=1S/C12H14F3NO/c1-2-7-16-8-11(17)9-5-3-4-6-10(9)12(13,14)15/h3-6,16H,2,7-8H2,1H3. The van der Waals surface area contributed by atoms with Crippen LogP contribution in [0.2, 0.25) is 0 Å². The third kappa shape index (κ3) is 3.85. The van der Waals surface area contributed by atoms with E-state index >= 15 is 0 Å². The summed E-state index contributed by atoms with van der Waals surface area (Å²) >= 11 is 0. The van der Waals surface area contributed by atoms with Gasteiger partial charge in [-0.25, -0.2) is 0 Å². The van der Waals surface area contributed by atoms with Gasteiger partial charge in [-0.2, -0.15) is 13.2 Å². The third-order valence-corrected chi connectivity index (χ3v) is 2.25. The van der Waals surface area contributed by atoms with Crippen molar-refractivity contribution in [3.05, 3.63) is 35.4 Å². The number of hydrogen-bond acceptors (Lipinski definition) is 2. The van der Waals surface area contributed by atoms with Crippen LogP contribution in [0.25, 0.3) is 0 Å². The van der Waals surface area contributed by atoms with Crippen LogP contribution in [-0.4, -0.2) is 18.9 Å². The van der Waals surface area contributed by atoms with Crippen molar-refractivity contribution in [1.82, 2.24) is 5.32 Å². The van der Waals surface area contributed by atoms with Gasteiger partial charge in [0.05, 0.1) is 12.1 Å². The number of rotatable bonds is 5. The fourth-order valence-electron chi connectivity index (χ4n) is 1.45. The monoisotopic (exact) mass is 245 g/mol. The number of Topliss-reactive ketones (excluding diaryl/α,β-unsaturated/α-hetero) is 1. The number of benzene rings is 1. The lowest BCUT2D eigenvalue weighted by molar-refractivity contribution is -0.137. The van der Waals surface area contributed by atoms with Gasteiger partial charge in [0.15, 0.2) is 5.78 Å². The first-order valence-corrected chi connectivity index (χ1v) is 5.37. The van der Waals surface area contributed by atoms with Crippen molar-refractivity contribution in [3.63, 3.8) is 0 Å². The molecule has 94 valence electrons. The number of carbonyl (C=O) groups is 1. The molecule has 1 N–H and O–H groups in total. The SMILES string of the molecule is CCCNCC(=O)c1ccccc1C(F)(F)F. The number of ketones is 1. The zero-order valence-corrected chi connectivity index (χ0v) is 9.47. The lowest BCUT2D eigenvalue weighted by atomic mass is 10.0. The first kappa shape index (κ1) is 13.7. The van der Waals surface area contributed by atoms with Gasteiger partial charge >= 0.3 is 6.18 Å². The minimum atomic E-state index is -4.49. The highest BCUT2D eigenvalue weighted by Crippen LogP contribution is 2.31. The van der Waals surface area contributed by atoms with E-state index < -0.39 is 17.5 Å². The Morgan fingerprint density at radius 2 is 1.94 bits per heavy atom. The Kier molecular flexibility index (Phi) is 4.69. The normalized spacial score (nSPS) is 11.5. The average Bonchev–Trinajstić information content (AvgIpc) is 2.28. The van der Waals surface area contributed by atoms with Gasteiger partial charge in [0.25, 0.3) is 0 Å². The van der Waals surface area contributed by atoms with Crippen LogP contribution in [0.1, 0.15) is 29.3 Å². The Balaban J connectivity index is 2.86. The van der Waals surface area contributed by atoms with Crippen LogP contribution in [-0.2, 0) is 6.18 Å². The molecule has 0 amide bonds. The summed E-state index contributed by atoms with van der Waals surface area (Å²) in [6, 6.07) is 4.84. The molecule has 0 bridgehead atoms. The molecule has 0 radical (unpaired) electrons. The second kappa shape index (κ2) is 5.82. The fraction of sp³-hybridized carbons (Fsp3) is 0.417. The predicted octanol–water partition coefficient (Wildman–Crippen LogP) is 2.89. The topological polar surface area (TPSA) is 29.1 Å². The van der Waals surface area contributed by atoms with E-state index in [1.165, 1.54) is 18.2 Å². The number of halogens is 3. The van der Waals surface area contributed by atoms with Crippen LogP contribution in [0.15, 0.2) is 24.3 Å². The molecule has 0 saturated carbocycles. The molecule has 0 aliphatic rings. The molecule has 0 fully saturated rings. The molecule has 17 heavy (non-hydrogen) atoms. The molecule has 0 saturated heterocycles. The smallest absolute Gasteiger partial charge is 0.310 e. The van der Waals surface area contributed by atoms with E-state index in [-0.39, 0.29) is 12.1 Å². The fourth-order valence-corrected chi connectivity index (χ4v) is 1.45. The van der Waals surface area contributed by atoms with Crippen molar-refractivity contribution >= 4 is 5.78 Å². The van der Waals surface area contributed by atoms with Gasteiger partial charge in [0.2, 0.25) is 0 Å². The van der Waals surface area contributed by atoms with E-state index in [0.29, 0.717) is 6.54 Å². The summed E-state index contributed by atoms with van der Waals surface area (Å²) < 4.78 is 37.9. The number of alkyl halides is 3. The molecule has 0 unspecified atom stereocenters. The first-order chi connectivity index (χ1) is 7.96. The molecule has 0 spiro atoms. The summed E-state index contributed by atoms with van der Waals surface area (Å²) in [5, 5.41) is 2.80. The molecule has 2 nitrogen and oxygen atoms in total. The van der Waals surface area contributed by atoms with Gasteiger partial charge in [-0.1, -0.05) is 25.1 Å². The summed E-state index contributed by atoms with van der Waals surface area (Å²) in [5.74, 6) is -0.536. The predicted molar refractivity (Wildman–Crippen MR) is 58.9 cm³/mol. The van der Waals surface area contributed by atoms with Crippen LogP contribution < -0.4 is 5.32 Å². The first-order valence-electron chi connectivity index (χ1n) is 5.37. The molecule has 0 heterocycles. The zero-order chi connectivity index (χ0) is 12.9. The van der Waals surface area contributed by atoms with Gasteiger partial charge in [0.1, 0.15) is 0 Å². The van der Waals surface area contributed by atoms with Crippen LogP contribution >= 0.6 is 0 Å². The molecule has 0 aliphatic heterocycles. The summed E-state index contributed by atoms with van der Waals surface area (Å²) in [4.78, 5) is 11.6. The highest BCUT2D eigenvalue weighted by molar-refractivity contribution is 5.99. The number of carbonyl (C=O) groups excluding carboxylic acids is 1. The lowest BCUT2D eigenvalue weighted by Crippen LogP contribution is -2.25. The largest absolute Gasteiger partial charge is 0.417 e. The summed E-state index contributed by atoms with van der Waals surface area (Å²) in [7, 11) is 0.